The van der Waals surface area contributed by atoms with E-state index in [1.165, 1.54) is 51.5 Å². The number of fused-ring (bicyclic) bond motifs is 1. The monoisotopic (exact) mass is 431 g/mol. The number of para-hydroxylation sites is 1. The van der Waals surface area contributed by atoms with E-state index in [4.69, 9.17) is 0 Å². The van der Waals surface area contributed by atoms with Gasteiger partial charge in [0.1, 0.15) is 0 Å². The highest BCUT2D eigenvalue weighted by atomic mass is 16.2. The van der Waals surface area contributed by atoms with E-state index in [1.54, 1.807) is 6.20 Å². The average Bonchev–Trinajstić information content (AvgIpc) is 3.29. The van der Waals surface area contributed by atoms with Gasteiger partial charge in [-0.2, -0.15) is 5.10 Å². The van der Waals surface area contributed by atoms with E-state index in [-0.39, 0.29) is 5.91 Å². The Morgan fingerprint density at radius 2 is 1.94 bits per heavy atom. The molecule has 0 bridgehead atoms. The van der Waals surface area contributed by atoms with E-state index in [1.807, 2.05) is 47.5 Å². The highest BCUT2D eigenvalue weighted by molar-refractivity contribution is 6.04. The number of benzene rings is 1. The molecule has 1 aliphatic carbocycles. The molecule has 3 heterocycles. The van der Waals surface area contributed by atoms with E-state index in [0.29, 0.717) is 18.2 Å². The van der Waals surface area contributed by atoms with Crippen molar-refractivity contribution in [3.05, 3.63) is 60.0 Å². The summed E-state index contributed by atoms with van der Waals surface area (Å²) in [6.45, 7) is 3.64. The number of carbonyl (C=O) groups is 1. The number of hydrogen-bond acceptors (Lipinski definition) is 4. The molecule has 6 heteroatoms. The van der Waals surface area contributed by atoms with Gasteiger partial charge >= 0.3 is 0 Å². The zero-order valence-corrected chi connectivity index (χ0v) is 18.7. The van der Waals surface area contributed by atoms with Gasteiger partial charge in [-0.1, -0.05) is 43.5 Å². The molecule has 1 N–H and O–H groups in total. The maximum absolute atomic E-state index is 13.7. The van der Waals surface area contributed by atoms with Crippen LogP contribution in [0.15, 0.2) is 48.8 Å². The second kappa shape index (κ2) is 9.82. The third-order valence-corrected chi connectivity index (χ3v) is 7.18. The van der Waals surface area contributed by atoms with Crippen molar-refractivity contribution in [2.75, 3.05) is 19.6 Å². The van der Waals surface area contributed by atoms with Crippen LogP contribution in [-0.2, 0) is 6.54 Å². The maximum Gasteiger partial charge on any atom is 0.275 e. The lowest BCUT2D eigenvalue weighted by atomic mass is 9.90. The molecule has 1 aromatic carbocycles. The molecule has 1 aliphatic heterocycles. The molecule has 0 radical (unpaired) electrons. The largest absolute Gasteiger partial charge is 0.333 e. The number of piperidine rings is 1. The maximum atomic E-state index is 13.7. The van der Waals surface area contributed by atoms with Gasteiger partial charge in [-0.25, -0.2) is 0 Å². The van der Waals surface area contributed by atoms with Gasteiger partial charge in [-0.3, -0.25) is 14.9 Å². The number of hydrogen-bond donors (Lipinski definition) is 1. The van der Waals surface area contributed by atoms with Crippen LogP contribution in [0, 0.1) is 5.92 Å². The summed E-state index contributed by atoms with van der Waals surface area (Å²) in [6, 6.07) is 12.6. The summed E-state index contributed by atoms with van der Waals surface area (Å²) in [5.41, 5.74) is 2.48. The summed E-state index contributed by atoms with van der Waals surface area (Å²) in [4.78, 5) is 22.7. The van der Waals surface area contributed by atoms with Crippen LogP contribution in [-0.4, -0.2) is 56.6 Å². The topological polar surface area (TPSA) is 65.1 Å². The third-order valence-electron chi connectivity index (χ3n) is 7.18. The highest BCUT2D eigenvalue weighted by Gasteiger charge is 2.30. The molecular formula is C26H33N5O. The second-order valence-corrected chi connectivity index (χ2v) is 9.46. The Balaban J connectivity index is 1.35. The SMILES string of the molecule is O=C(c1n[nH]c2ccccc12)N(Cc1cccnc1)C[C@@H]1CCCN(C2CCCCC2)C1. The Kier molecular flexibility index (Phi) is 6.49. The number of carbonyl (C=O) groups excluding carboxylic acids is 1. The van der Waals surface area contributed by atoms with Gasteiger partial charge in [0.05, 0.1) is 5.52 Å². The molecule has 1 atom stereocenters. The molecule has 6 nitrogen and oxygen atoms in total. The number of aromatic amines is 1. The molecule has 32 heavy (non-hydrogen) atoms. The van der Waals surface area contributed by atoms with Gasteiger partial charge in [0.15, 0.2) is 5.69 Å². The van der Waals surface area contributed by atoms with Crippen molar-refractivity contribution < 1.29 is 4.79 Å². The van der Waals surface area contributed by atoms with Crippen molar-refractivity contribution in [1.29, 1.82) is 0 Å². The molecule has 1 saturated heterocycles. The minimum absolute atomic E-state index is 0.00101. The summed E-state index contributed by atoms with van der Waals surface area (Å²) >= 11 is 0. The van der Waals surface area contributed by atoms with E-state index in [0.717, 1.165) is 35.6 Å². The number of rotatable bonds is 6. The van der Waals surface area contributed by atoms with Crippen LogP contribution in [0.2, 0.25) is 0 Å². The Morgan fingerprint density at radius 3 is 2.78 bits per heavy atom. The molecule has 2 fully saturated rings. The van der Waals surface area contributed by atoms with Gasteiger partial charge in [-0.15, -0.1) is 0 Å². The fourth-order valence-electron chi connectivity index (χ4n) is 5.54. The Hall–Kier alpha value is -2.73. The second-order valence-electron chi connectivity index (χ2n) is 9.46. The molecule has 0 unspecified atom stereocenters. The van der Waals surface area contributed by atoms with Crippen LogP contribution in [0.1, 0.15) is 61.0 Å². The van der Waals surface area contributed by atoms with Crippen LogP contribution < -0.4 is 0 Å². The number of H-pyrrole nitrogens is 1. The minimum atomic E-state index is 0.00101. The van der Waals surface area contributed by atoms with Crippen molar-refractivity contribution in [2.24, 2.45) is 5.92 Å². The molecule has 1 amide bonds. The van der Waals surface area contributed by atoms with Gasteiger partial charge in [0.2, 0.25) is 0 Å². The summed E-state index contributed by atoms with van der Waals surface area (Å²) < 4.78 is 0. The van der Waals surface area contributed by atoms with Crippen molar-refractivity contribution in [1.82, 2.24) is 25.0 Å². The van der Waals surface area contributed by atoms with Crippen molar-refractivity contribution in [2.45, 2.75) is 57.5 Å². The zero-order chi connectivity index (χ0) is 21.8. The highest BCUT2D eigenvalue weighted by Crippen LogP contribution is 2.28. The standard InChI is InChI=1S/C26H33N5O/c32-26(25-23-12-4-5-13-24(23)28-29-25)31(17-20-8-6-14-27-16-20)19-21-9-7-15-30(18-21)22-10-2-1-3-11-22/h4-6,8,12-14,16,21-22H,1-3,7,9-11,15,17-19H2,(H,28,29)/t21-/m1/s1. The van der Waals surface area contributed by atoms with Crippen LogP contribution >= 0.6 is 0 Å². The Bertz CT molecular complexity index is 1030. The summed E-state index contributed by atoms with van der Waals surface area (Å²) in [7, 11) is 0. The van der Waals surface area contributed by atoms with Crippen molar-refractivity contribution in [3.63, 3.8) is 0 Å². The van der Waals surface area contributed by atoms with Crippen LogP contribution in [0.25, 0.3) is 10.9 Å². The van der Waals surface area contributed by atoms with E-state index >= 15 is 0 Å². The molecule has 168 valence electrons. The first-order chi connectivity index (χ1) is 15.8. The zero-order valence-electron chi connectivity index (χ0n) is 18.7. The first kappa shape index (κ1) is 21.1. The Morgan fingerprint density at radius 1 is 1.06 bits per heavy atom. The third kappa shape index (κ3) is 4.70. The smallest absolute Gasteiger partial charge is 0.275 e. The minimum Gasteiger partial charge on any atom is -0.333 e. The molecule has 0 spiro atoms. The number of amides is 1. The molecule has 3 aromatic rings. The number of pyridine rings is 1. The molecule has 5 rings (SSSR count). The van der Waals surface area contributed by atoms with Gasteiger partial charge in [-0.05, 0) is 55.8 Å². The van der Waals surface area contributed by atoms with Crippen LogP contribution in [0.3, 0.4) is 0 Å². The predicted octanol–water partition coefficient (Wildman–Crippen LogP) is 4.65. The fraction of sp³-hybridized carbons (Fsp3) is 0.500. The number of likely N-dealkylation sites (tertiary alicyclic amines) is 1. The van der Waals surface area contributed by atoms with Crippen LogP contribution in [0.4, 0.5) is 0 Å². The first-order valence-electron chi connectivity index (χ1n) is 12.1. The molecular weight excluding hydrogens is 398 g/mol. The summed E-state index contributed by atoms with van der Waals surface area (Å²) in [5.74, 6) is 0.498. The first-order valence-corrected chi connectivity index (χ1v) is 12.1. The van der Waals surface area contributed by atoms with E-state index < -0.39 is 0 Å². The lowest BCUT2D eigenvalue weighted by molar-refractivity contribution is 0.0580. The van der Waals surface area contributed by atoms with Gasteiger partial charge < -0.3 is 9.80 Å². The van der Waals surface area contributed by atoms with E-state index in [9.17, 15) is 4.79 Å². The number of nitrogens with zero attached hydrogens (tertiary/aromatic N) is 4. The summed E-state index contributed by atoms with van der Waals surface area (Å²) in [5, 5.41) is 8.31. The van der Waals surface area contributed by atoms with Crippen LogP contribution in [0.5, 0.6) is 0 Å². The number of nitrogens with one attached hydrogen (secondary N) is 1. The van der Waals surface area contributed by atoms with Gasteiger partial charge in [0, 0.05) is 43.5 Å². The normalized spacial score (nSPS) is 20.4. The van der Waals surface area contributed by atoms with Crippen molar-refractivity contribution >= 4 is 16.8 Å². The van der Waals surface area contributed by atoms with E-state index in [2.05, 4.69) is 20.1 Å². The van der Waals surface area contributed by atoms with Crippen molar-refractivity contribution in [3.8, 4) is 0 Å². The van der Waals surface area contributed by atoms with Gasteiger partial charge in [0.25, 0.3) is 5.91 Å². The molecule has 1 saturated carbocycles. The summed E-state index contributed by atoms with van der Waals surface area (Å²) in [6.07, 6.45) is 12.8. The molecule has 2 aliphatic rings. The lowest BCUT2D eigenvalue weighted by Crippen LogP contribution is -2.47. The fourth-order valence-corrected chi connectivity index (χ4v) is 5.54. The quantitative estimate of drug-likeness (QED) is 0.617. The predicted molar refractivity (Wildman–Crippen MR) is 126 cm³/mol. The molecule has 2 aromatic heterocycles. The lowest BCUT2D eigenvalue weighted by Gasteiger charge is -2.41. The Labute approximate surface area is 190 Å². The number of aromatic nitrogens is 3. The average molecular weight is 432 g/mol.